The molecular formula is C16H15Cl2NO2. The van der Waals surface area contributed by atoms with Gasteiger partial charge in [0.2, 0.25) is 0 Å². The van der Waals surface area contributed by atoms with Crippen molar-refractivity contribution in [2.75, 3.05) is 6.61 Å². The van der Waals surface area contributed by atoms with E-state index in [2.05, 4.69) is 5.32 Å². The van der Waals surface area contributed by atoms with Gasteiger partial charge in [0.25, 0.3) is 5.91 Å². The summed E-state index contributed by atoms with van der Waals surface area (Å²) in [6.07, 6.45) is 0. The second-order valence-corrected chi connectivity index (χ2v) is 5.47. The summed E-state index contributed by atoms with van der Waals surface area (Å²) in [6, 6.07) is 14.1. The SMILES string of the molecule is CC(COc1ccccc1)NC(=O)c1ccc(Cl)cc1Cl. The molecule has 0 radical (unpaired) electrons. The van der Waals surface area contributed by atoms with Crippen LogP contribution in [-0.2, 0) is 0 Å². The van der Waals surface area contributed by atoms with Gasteiger partial charge < -0.3 is 10.1 Å². The highest BCUT2D eigenvalue weighted by molar-refractivity contribution is 6.36. The molecule has 0 aromatic heterocycles. The Morgan fingerprint density at radius 3 is 2.57 bits per heavy atom. The molecule has 1 unspecified atom stereocenters. The summed E-state index contributed by atoms with van der Waals surface area (Å²) in [6.45, 7) is 2.24. The highest BCUT2D eigenvalue weighted by atomic mass is 35.5. The first-order valence-corrected chi connectivity index (χ1v) is 7.25. The minimum atomic E-state index is -0.249. The molecule has 2 rings (SSSR count). The summed E-state index contributed by atoms with van der Waals surface area (Å²) >= 11 is 11.8. The third-order valence-electron chi connectivity index (χ3n) is 2.80. The highest BCUT2D eigenvalue weighted by Crippen LogP contribution is 2.20. The van der Waals surface area contributed by atoms with Gasteiger partial charge in [-0.25, -0.2) is 0 Å². The summed E-state index contributed by atoms with van der Waals surface area (Å²) < 4.78 is 5.59. The van der Waals surface area contributed by atoms with E-state index in [0.717, 1.165) is 5.75 Å². The van der Waals surface area contributed by atoms with Crippen LogP contribution in [0.4, 0.5) is 0 Å². The van der Waals surface area contributed by atoms with Gasteiger partial charge in [-0.2, -0.15) is 0 Å². The van der Waals surface area contributed by atoms with Crippen molar-refractivity contribution < 1.29 is 9.53 Å². The molecule has 0 heterocycles. The Morgan fingerprint density at radius 2 is 1.90 bits per heavy atom. The summed E-state index contributed by atoms with van der Waals surface area (Å²) in [5.41, 5.74) is 0.396. The van der Waals surface area contributed by atoms with Gasteiger partial charge in [0.05, 0.1) is 16.6 Å². The molecule has 0 aliphatic heterocycles. The first-order chi connectivity index (χ1) is 10.1. The maximum Gasteiger partial charge on any atom is 0.253 e. The number of halogens is 2. The number of ether oxygens (including phenoxy) is 1. The molecule has 1 N–H and O–H groups in total. The van der Waals surface area contributed by atoms with Crippen molar-refractivity contribution in [3.8, 4) is 5.75 Å². The number of benzene rings is 2. The second-order valence-electron chi connectivity index (χ2n) is 4.62. The number of amides is 1. The zero-order valence-corrected chi connectivity index (χ0v) is 13.0. The van der Waals surface area contributed by atoms with E-state index in [9.17, 15) is 4.79 Å². The van der Waals surface area contributed by atoms with E-state index >= 15 is 0 Å². The topological polar surface area (TPSA) is 38.3 Å². The molecule has 0 spiro atoms. The summed E-state index contributed by atoms with van der Waals surface area (Å²) in [4.78, 5) is 12.1. The van der Waals surface area contributed by atoms with E-state index in [-0.39, 0.29) is 11.9 Å². The fourth-order valence-corrected chi connectivity index (χ4v) is 2.25. The highest BCUT2D eigenvalue weighted by Gasteiger charge is 2.13. The molecule has 1 atom stereocenters. The number of para-hydroxylation sites is 1. The predicted molar refractivity (Wildman–Crippen MR) is 85.3 cm³/mol. The van der Waals surface area contributed by atoms with E-state index in [4.69, 9.17) is 27.9 Å². The van der Waals surface area contributed by atoms with Crippen LogP contribution in [0, 0.1) is 0 Å². The average molecular weight is 324 g/mol. The lowest BCUT2D eigenvalue weighted by molar-refractivity contribution is 0.0927. The van der Waals surface area contributed by atoms with Gasteiger partial charge in [-0.3, -0.25) is 4.79 Å². The molecule has 21 heavy (non-hydrogen) atoms. The number of carbonyl (C=O) groups is 1. The van der Waals surface area contributed by atoms with Gasteiger partial charge in [0.15, 0.2) is 0 Å². The second kappa shape index (κ2) is 7.34. The predicted octanol–water partition coefficient (Wildman–Crippen LogP) is 4.19. The van der Waals surface area contributed by atoms with E-state index in [1.165, 1.54) is 0 Å². The third kappa shape index (κ3) is 4.66. The molecule has 0 fully saturated rings. The van der Waals surface area contributed by atoms with Crippen LogP contribution in [0.5, 0.6) is 5.75 Å². The number of rotatable bonds is 5. The van der Waals surface area contributed by atoms with Crippen molar-refractivity contribution in [2.45, 2.75) is 13.0 Å². The Labute approximate surface area is 133 Å². The zero-order valence-electron chi connectivity index (χ0n) is 11.5. The Morgan fingerprint density at radius 1 is 1.19 bits per heavy atom. The number of hydrogen-bond donors (Lipinski definition) is 1. The molecule has 0 bridgehead atoms. The van der Waals surface area contributed by atoms with E-state index in [1.807, 2.05) is 37.3 Å². The minimum absolute atomic E-state index is 0.149. The van der Waals surface area contributed by atoms with Crippen LogP contribution in [0.25, 0.3) is 0 Å². The van der Waals surface area contributed by atoms with Gasteiger partial charge in [-0.15, -0.1) is 0 Å². The quantitative estimate of drug-likeness (QED) is 0.895. The van der Waals surface area contributed by atoms with E-state index in [1.54, 1.807) is 18.2 Å². The van der Waals surface area contributed by atoms with Gasteiger partial charge >= 0.3 is 0 Å². The fraction of sp³-hybridized carbons (Fsp3) is 0.188. The molecule has 0 saturated heterocycles. The first-order valence-electron chi connectivity index (χ1n) is 6.50. The van der Waals surface area contributed by atoms with E-state index < -0.39 is 0 Å². The van der Waals surface area contributed by atoms with Gasteiger partial charge in [0.1, 0.15) is 12.4 Å². The van der Waals surface area contributed by atoms with Crippen LogP contribution in [0.3, 0.4) is 0 Å². The van der Waals surface area contributed by atoms with Crippen molar-refractivity contribution in [2.24, 2.45) is 0 Å². The molecule has 110 valence electrons. The van der Waals surface area contributed by atoms with Crippen LogP contribution in [0.1, 0.15) is 17.3 Å². The van der Waals surface area contributed by atoms with Crippen LogP contribution >= 0.6 is 23.2 Å². The van der Waals surface area contributed by atoms with Crippen molar-refractivity contribution in [1.82, 2.24) is 5.32 Å². The summed E-state index contributed by atoms with van der Waals surface area (Å²) in [5.74, 6) is 0.518. The minimum Gasteiger partial charge on any atom is -0.491 e. The Balaban J connectivity index is 1.90. The number of hydrogen-bond acceptors (Lipinski definition) is 2. The van der Waals surface area contributed by atoms with Crippen LogP contribution in [0.15, 0.2) is 48.5 Å². The Kier molecular flexibility index (Phi) is 5.48. The maximum atomic E-state index is 12.1. The van der Waals surface area contributed by atoms with Gasteiger partial charge in [-0.05, 0) is 37.3 Å². The maximum absolute atomic E-state index is 12.1. The van der Waals surface area contributed by atoms with Crippen LogP contribution in [-0.4, -0.2) is 18.6 Å². The summed E-state index contributed by atoms with van der Waals surface area (Å²) in [7, 11) is 0. The molecule has 1 amide bonds. The lowest BCUT2D eigenvalue weighted by atomic mass is 10.2. The molecule has 0 aliphatic rings. The average Bonchev–Trinajstić information content (AvgIpc) is 2.46. The number of carbonyl (C=O) groups excluding carboxylic acids is 1. The smallest absolute Gasteiger partial charge is 0.253 e. The Hall–Kier alpha value is -1.71. The molecular weight excluding hydrogens is 309 g/mol. The first kappa shape index (κ1) is 15.7. The van der Waals surface area contributed by atoms with Crippen molar-refractivity contribution in [1.29, 1.82) is 0 Å². The normalized spacial score (nSPS) is 11.8. The molecule has 3 nitrogen and oxygen atoms in total. The fourth-order valence-electron chi connectivity index (χ4n) is 1.75. The van der Waals surface area contributed by atoms with Crippen molar-refractivity contribution in [3.05, 3.63) is 64.1 Å². The van der Waals surface area contributed by atoms with Crippen molar-refractivity contribution >= 4 is 29.1 Å². The van der Waals surface area contributed by atoms with Crippen LogP contribution < -0.4 is 10.1 Å². The molecule has 2 aromatic rings. The molecule has 5 heteroatoms. The molecule has 0 aliphatic carbocycles. The summed E-state index contributed by atoms with van der Waals surface area (Å²) in [5, 5.41) is 3.66. The lowest BCUT2D eigenvalue weighted by Gasteiger charge is -2.15. The zero-order chi connectivity index (χ0) is 15.2. The Bertz CT molecular complexity index is 617. The standard InChI is InChI=1S/C16H15Cl2NO2/c1-11(10-21-13-5-3-2-4-6-13)19-16(20)14-8-7-12(17)9-15(14)18/h2-9,11H,10H2,1H3,(H,19,20). The monoisotopic (exact) mass is 323 g/mol. The van der Waals surface area contributed by atoms with Gasteiger partial charge in [0, 0.05) is 5.02 Å². The number of nitrogens with one attached hydrogen (secondary N) is 1. The van der Waals surface area contributed by atoms with Crippen LogP contribution in [0.2, 0.25) is 10.0 Å². The van der Waals surface area contributed by atoms with Crippen molar-refractivity contribution in [3.63, 3.8) is 0 Å². The van der Waals surface area contributed by atoms with E-state index in [0.29, 0.717) is 22.2 Å². The lowest BCUT2D eigenvalue weighted by Crippen LogP contribution is -2.36. The molecule has 0 saturated carbocycles. The third-order valence-corrected chi connectivity index (χ3v) is 3.34. The van der Waals surface area contributed by atoms with Gasteiger partial charge in [-0.1, -0.05) is 41.4 Å². The molecule has 2 aromatic carbocycles. The largest absolute Gasteiger partial charge is 0.491 e.